The van der Waals surface area contributed by atoms with E-state index < -0.39 is 5.69 Å². The molecule has 2 N–H and O–H groups in total. The van der Waals surface area contributed by atoms with Crippen molar-refractivity contribution >= 4 is 17.5 Å². The molecule has 0 bridgehead atoms. The minimum Gasteiger partial charge on any atom is -0.350 e. The summed E-state index contributed by atoms with van der Waals surface area (Å²) in [5, 5.41) is 0. The molecule has 1 aromatic carbocycles. The predicted octanol–water partition coefficient (Wildman–Crippen LogP) is 1.49. The van der Waals surface area contributed by atoms with E-state index in [4.69, 9.17) is 4.98 Å². The zero-order chi connectivity index (χ0) is 19.0. The van der Waals surface area contributed by atoms with Crippen molar-refractivity contribution in [1.29, 1.82) is 0 Å². The first kappa shape index (κ1) is 17.0. The molecule has 8 heteroatoms. The normalized spacial score (nSPS) is 13.3. The highest BCUT2D eigenvalue weighted by atomic mass is 16.2. The molecule has 0 aliphatic carbocycles. The Morgan fingerprint density at radius 3 is 2.67 bits per heavy atom. The van der Waals surface area contributed by atoms with E-state index in [9.17, 15) is 9.59 Å². The molecule has 0 radical (unpaired) electrons. The molecule has 0 atom stereocenters. The second-order valence-corrected chi connectivity index (χ2v) is 6.60. The van der Waals surface area contributed by atoms with Crippen molar-refractivity contribution in [1.82, 2.24) is 19.9 Å². The van der Waals surface area contributed by atoms with Crippen molar-refractivity contribution in [2.24, 2.45) is 0 Å². The lowest BCUT2D eigenvalue weighted by Crippen LogP contribution is -2.39. The molecule has 1 aliphatic heterocycles. The molecule has 0 unspecified atom stereocenters. The zero-order valence-electron chi connectivity index (χ0n) is 15.2. The van der Waals surface area contributed by atoms with E-state index in [2.05, 4.69) is 19.9 Å². The van der Waals surface area contributed by atoms with Crippen LogP contribution in [0.1, 0.15) is 17.0 Å². The Hall–Kier alpha value is -3.42. The van der Waals surface area contributed by atoms with Crippen LogP contribution in [0, 0.1) is 6.92 Å². The first-order valence-electron chi connectivity index (χ1n) is 8.75. The van der Waals surface area contributed by atoms with E-state index >= 15 is 0 Å². The lowest BCUT2D eigenvalue weighted by atomic mass is 10.1. The van der Waals surface area contributed by atoms with E-state index in [-0.39, 0.29) is 5.56 Å². The van der Waals surface area contributed by atoms with Crippen LogP contribution in [-0.2, 0) is 13.0 Å². The molecule has 3 aromatic rings. The van der Waals surface area contributed by atoms with Gasteiger partial charge in [0.15, 0.2) is 0 Å². The van der Waals surface area contributed by atoms with E-state index in [1.54, 1.807) is 0 Å². The molecule has 1 aliphatic rings. The molecule has 0 saturated heterocycles. The molecule has 27 heavy (non-hydrogen) atoms. The second-order valence-electron chi connectivity index (χ2n) is 6.60. The van der Waals surface area contributed by atoms with Crippen molar-refractivity contribution in [3.8, 4) is 0 Å². The predicted molar refractivity (Wildman–Crippen MR) is 104 cm³/mol. The maximum Gasteiger partial charge on any atom is 0.325 e. The number of aromatic nitrogens is 4. The van der Waals surface area contributed by atoms with Gasteiger partial charge in [-0.05, 0) is 25.5 Å². The van der Waals surface area contributed by atoms with Crippen molar-refractivity contribution in [3.05, 3.63) is 74.2 Å². The van der Waals surface area contributed by atoms with Crippen molar-refractivity contribution in [3.63, 3.8) is 0 Å². The van der Waals surface area contributed by atoms with E-state index in [0.29, 0.717) is 36.7 Å². The average Bonchev–Trinajstić information content (AvgIpc) is 2.67. The summed E-state index contributed by atoms with van der Waals surface area (Å²) in [5.74, 6) is 1.37. The van der Waals surface area contributed by atoms with Gasteiger partial charge in [-0.15, -0.1) is 0 Å². The maximum atomic E-state index is 12.0. The molecule has 138 valence electrons. The van der Waals surface area contributed by atoms with Gasteiger partial charge in [0.1, 0.15) is 5.82 Å². The summed E-state index contributed by atoms with van der Waals surface area (Å²) in [4.78, 5) is 41.8. The van der Waals surface area contributed by atoms with Gasteiger partial charge in [-0.2, -0.15) is 4.98 Å². The third-order valence-corrected chi connectivity index (χ3v) is 4.71. The summed E-state index contributed by atoms with van der Waals surface area (Å²) in [6, 6.07) is 11.8. The van der Waals surface area contributed by atoms with Gasteiger partial charge in [0.05, 0.1) is 6.54 Å². The van der Waals surface area contributed by atoms with Crippen molar-refractivity contribution in [2.45, 2.75) is 19.9 Å². The maximum absolute atomic E-state index is 12.0. The van der Waals surface area contributed by atoms with Crippen LogP contribution in [-0.4, -0.2) is 33.5 Å². The quantitative estimate of drug-likeness (QED) is 0.731. The van der Waals surface area contributed by atoms with Gasteiger partial charge in [-0.25, -0.2) is 9.78 Å². The fourth-order valence-electron chi connectivity index (χ4n) is 3.29. The van der Waals surface area contributed by atoms with E-state index in [1.807, 2.05) is 55.3 Å². The minimum atomic E-state index is -0.482. The van der Waals surface area contributed by atoms with Gasteiger partial charge in [-0.1, -0.05) is 18.2 Å². The number of para-hydroxylation sites is 1. The molecule has 0 amide bonds. The van der Waals surface area contributed by atoms with Crippen LogP contribution in [0.3, 0.4) is 0 Å². The van der Waals surface area contributed by atoms with Crippen LogP contribution in [0.5, 0.6) is 0 Å². The monoisotopic (exact) mass is 364 g/mol. The topological polar surface area (TPSA) is 98.0 Å². The summed E-state index contributed by atoms with van der Waals surface area (Å²) in [5.41, 5.74) is 2.33. The summed E-state index contributed by atoms with van der Waals surface area (Å²) in [6.07, 6.45) is 0.550. The Morgan fingerprint density at radius 2 is 1.89 bits per heavy atom. The van der Waals surface area contributed by atoms with Gasteiger partial charge in [-0.3, -0.25) is 9.78 Å². The molecule has 0 spiro atoms. The highest BCUT2D eigenvalue weighted by Crippen LogP contribution is 2.25. The summed E-state index contributed by atoms with van der Waals surface area (Å²) < 4.78 is 0. The van der Waals surface area contributed by atoms with Gasteiger partial charge in [0.2, 0.25) is 5.95 Å². The van der Waals surface area contributed by atoms with Crippen LogP contribution >= 0.6 is 0 Å². The molecule has 0 saturated carbocycles. The fourth-order valence-corrected chi connectivity index (χ4v) is 3.29. The molecule has 8 nitrogen and oxygen atoms in total. The third-order valence-electron chi connectivity index (χ3n) is 4.71. The van der Waals surface area contributed by atoms with Crippen LogP contribution in [0.25, 0.3) is 0 Å². The summed E-state index contributed by atoms with van der Waals surface area (Å²) in [7, 11) is 1.93. The smallest absolute Gasteiger partial charge is 0.325 e. The second kappa shape index (κ2) is 6.71. The molecule has 2 aromatic heterocycles. The lowest BCUT2D eigenvalue weighted by molar-refractivity contribution is 0.680. The molecule has 0 fully saturated rings. The van der Waals surface area contributed by atoms with Crippen molar-refractivity contribution < 1.29 is 0 Å². The zero-order valence-corrected chi connectivity index (χ0v) is 15.2. The number of nitrogens with zero attached hydrogens (tertiary/aromatic N) is 4. The molecule has 3 heterocycles. The highest BCUT2D eigenvalue weighted by molar-refractivity contribution is 5.58. The molecular weight excluding hydrogens is 344 g/mol. The highest BCUT2D eigenvalue weighted by Gasteiger charge is 2.22. The lowest BCUT2D eigenvalue weighted by Gasteiger charge is -2.29. The third kappa shape index (κ3) is 3.33. The Labute approximate surface area is 155 Å². The molecular formula is C19H20N6O2. The van der Waals surface area contributed by atoms with Crippen LogP contribution in [0.15, 0.2) is 46.0 Å². The number of aryl methyl sites for hydroxylation is 1. The van der Waals surface area contributed by atoms with Gasteiger partial charge in [0.25, 0.3) is 5.56 Å². The van der Waals surface area contributed by atoms with Gasteiger partial charge < -0.3 is 14.8 Å². The van der Waals surface area contributed by atoms with Crippen molar-refractivity contribution in [2.75, 3.05) is 23.4 Å². The summed E-state index contributed by atoms with van der Waals surface area (Å²) in [6.45, 7) is 3.00. The Morgan fingerprint density at radius 1 is 1.11 bits per heavy atom. The van der Waals surface area contributed by atoms with Gasteiger partial charge >= 0.3 is 5.69 Å². The Kier molecular flexibility index (Phi) is 4.23. The number of benzene rings is 1. The van der Waals surface area contributed by atoms with E-state index in [1.165, 1.54) is 0 Å². The first-order chi connectivity index (χ1) is 13.0. The SMILES string of the molecule is Cc1cc(N2CCc3c([nH]c(=O)[nH]c3=O)C2)nc(N(C)c2ccccc2)n1. The number of hydrogen-bond acceptors (Lipinski definition) is 6. The largest absolute Gasteiger partial charge is 0.350 e. The number of aromatic amines is 2. The summed E-state index contributed by atoms with van der Waals surface area (Å²) >= 11 is 0. The Bertz CT molecular complexity index is 1090. The number of fused-ring (bicyclic) bond motifs is 1. The number of H-pyrrole nitrogens is 2. The Balaban J connectivity index is 1.68. The molecule has 4 rings (SSSR count). The van der Waals surface area contributed by atoms with Gasteiger partial charge in [0, 0.05) is 42.3 Å². The minimum absolute atomic E-state index is 0.309. The number of nitrogens with one attached hydrogen (secondary N) is 2. The average molecular weight is 364 g/mol. The van der Waals surface area contributed by atoms with E-state index in [0.717, 1.165) is 17.2 Å². The number of rotatable bonds is 3. The number of anilines is 3. The van der Waals surface area contributed by atoms with Crippen LogP contribution in [0.2, 0.25) is 0 Å². The van der Waals surface area contributed by atoms with Crippen LogP contribution in [0.4, 0.5) is 17.5 Å². The standard InChI is InChI=1S/C19H20N6O2/c1-12-10-16(22-18(20-12)24(2)13-6-4-3-5-7-13)25-9-8-14-15(11-25)21-19(27)23-17(14)26/h3-7,10H,8-9,11H2,1-2H3,(H2,21,23,26,27). The fraction of sp³-hybridized carbons (Fsp3) is 0.263. The first-order valence-corrected chi connectivity index (χ1v) is 8.75. The van der Waals surface area contributed by atoms with Crippen LogP contribution < -0.4 is 21.0 Å². The number of hydrogen-bond donors (Lipinski definition) is 2.